The maximum Gasteiger partial charge on any atom is 0.0436 e. The lowest BCUT2D eigenvalue weighted by atomic mass is 9.89. The SMILES string of the molecule is CCCCCC(CCCCC)NCC(C)(C)CCO. The van der Waals surface area contributed by atoms with Crippen LogP contribution in [0.3, 0.4) is 0 Å². The van der Waals surface area contributed by atoms with Gasteiger partial charge in [0.15, 0.2) is 0 Å². The van der Waals surface area contributed by atoms with Gasteiger partial charge in [0, 0.05) is 19.2 Å². The summed E-state index contributed by atoms with van der Waals surface area (Å²) in [5, 5.41) is 12.8. The van der Waals surface area contributed by atoms with Crippen LogP contribution in [0.2, 0.25) is 0 Å². The molecule has 2 N–H and O–H groups in total. The van der Waals surface area contributed by atoms with Crippen molar-refractivity contribution in [2.75, 3.05) is 13.2 Å². The third kappa shape index (κ3) is 11.4. The van der Waals surface area contributed by atoms with Gasteiger partial charge in [0.05, 0.1) is 0 Å². The maximum absolute atomic E-state index is 9.09. The predicted octanol–water partition coefficient (Wildman–Crippen LogP) is 4.51. The van der Waals surface area contributed by atoms with Crippen LogP contribution in [0.1, 0.15) is 85.5 Å². The van der Waals surface area contributed by atoms with Crippen LogP contribution in [0.4, 0.5) is 0 Å². The first kappa shape index (κ1) is 18.9. The van der Waals surface area contributed by atoms with Crippen LogP contribution in [0, 0.1) is 5.41 Å². The fourth-order valence-electron chi connectivity index (χ4n) is 2.44. The first-order valence-corrected chi connectivity index (χ1v) is 8.40. The van der Waals surface area contributed by atoms with Crippen LogP contribution in [0.15, 0.2) is 0 Å². The first-order valence-electron chi connectivity index (χ1n) is 8.40. The minimum Gasteiger partial charge on any atom is -0.396 e. The van der Waals surface area contributed by atoms with E-state index in [1.54, 1.807) is 0 Å². The zero-order valence-electron chi connectivity index (χ0n) is 13.8. The first-order chi connectivity index (χ1) is 9.05. The van der Waals surface area contributed by atoms with E-state index in [4.69, 9.17) is 5.11 Å². The summed E-state index contributed by atoms with van der Waals surface area (Å²) in [5.41, 5.74) is 0.211. The standard InChI is InChI=1S/C17H37NO/c1-5-7-9-11-16(12-10-8-6-2)18-15-17(3,4)13-14-19/h16,18-19H,5-15H2,1-4H3. The molecular formula is C17H37NO. The predicted molar refractivity (Wildman–Crippen MR) is 85.6 cm³/mol. The largest absolute Gasteiger partial charge is 0.396 e. The van der Waals surface area contributed by atoms with Crippen molar-refractivity contribution >= 4 is 0 Å². The van der Waals surface area contributed by atoms with Gasteiger partial charge in [-0.2, -0.15) is 0 Å². The lowest BCUT2D eigenvalue weighted by Gasteiger charge is -2.28. The van der Waals surface area contributed by atoms with Crippen LogP contribution in [0.25, 0.3) is 0 Å². The Morgan fingerprint density at radius 3 is 1.89 bits per heavy atom. The smallest absolute Gasteiger partial charge is 0.0436 e. The summed E-state index contributed by atoms with van der Waals surface area (Å²) in [6, 6.07) is 0.677. The quantitative estimate of drug-likeness (QED) is 0.483. The fraction of sp³-hybridized carbons (Fsp3) is 1.00. The van der Waals surface area contributed by atoms with Crippen molar-refractivity contribution in [1.82, 2.24) is 5.32 Å². The van der Waals surface area contributed by atoms with Gasteiger partial charge in [-0.1, -0.05) is 66.2 Å². The van der Waals surface area contributed by atoms with E-state index in [-0.39, 0.29) is 5.41 Å². The molecule has 0 radical (unpaired) electrons. The molecule has 0 aromatic carbocycles. The Hall–Kier alpha value is -0.0800. The molecule has 0 aliphatic rings. The van der Waals surface area contributed by atoms with Gasteiger partial charge in [-0.05, 0) is 24.7 Å². The monoisotopic (exact) mass is 271 g/mol. The molecule has 0 aliphatic heterocycles. The van der Waals surface area contributed by atoms with E-state index in [9.17, 15) is 0 Å². The molecule has 2 nitrogen and oxygen atoms in total. The maximum atomic E-state index is 9.09. The number of nitrogens with one attached hydrogen (secondary N) is 1. The van der Waals surface area contributed by atoms with E-state index >= 15 is 0 Å². The Balaban J connectivity index is 4.01. The number of rotatable bonds is 13. The van der Waals surface area contributed by atoms with Gasteiger partial charge in [-0.3, -0.25) is 0 Å². The molecule has 0 aliphatic carbocycles. The van der Waals surface area contributed by atoms with E-state index < -0.39 is 0 Å². The minimum atomic E-state index is 0.211. The van der Waals surface area contributed by atoms with E-state index in [2.05, 4.69) is 33.0 Å². The number of hydrogen-bond donors (Lipinski definition) is 2. The van der Waals surface area contributed by atoms with Crippen LogP contribution in [-0.4, -0.2) is 24.3 Å². The molecule has 0 spiro atoms. The highest BCUT2D eigenvalue weighted by Crippen LogP contribution is 2.20. The molecule has 0 aromatic heterocycles. The van der Waals surface area contributed by atoms with Crippen LogP contribution in [0.5, 0.6) is 0 Å². The normalized spacial score (nSPS) is 12.3. The second kappa shape index (κ2) is 11.7. The molecule has 0 rings (SSSR count). The van der Waals surface area contributed by atoms with Crippen molar-refractivity contribution in [3.8, 4) is 0 Å². The molecule has 0 amide bonds. The summed E-state index contributed by atoms with van der Waals surface area (Å²) < 4.78 is 0. The summed E-state index contributed by atoms with van der Waals surface area (Å²) in [7, 11) is 0. The zero-order valence-corrected chi connectivity index (χ0v) is 13.8. The van der Waals surface area contributed by atoms with Crippen molar-refractivity contribution in [2.45, 2.75) is 91.5 Å². The zero-order chi connectivity index (χ0) is 14.6. The summed E-state index contributed by atoms with van der Waals surface area (Å²) in [6.07, 6.45) is 11.5. The second-order valence-electron chi connectivity index (χ2n) is 6.71. The molecule has 0 heterocycles. The van der Waals surface area contributed by atoms with E-state index in [0.717, 1.165) is 13.0 Å². The van der Waals surface area contributed by atoms with Gasteiger partial charge in [0.25, 0.3) is 0 Å². The highest BCUT2D eigenvalue weighted by atomic mass is 16.3. The highest BCUT2D eigenvalue weighted by molar-refractivity contribution is 4.75. The number of aliphatic hydroxyl groups excluding tert-OH is 1. The molecule has 116 valence electrons. The molecule has 0 saturated heterocycles. The molecule has 0 unspecified atom stereocenters. The van der Waals surface area contributed by atoms with Crippen molar-refractivity contribution in [3.05, 3.63) is 0 Å². The third-order valence-electron chi connectivity index (χ3n) is 3.97. The molecule has 0 atom stereocenters. The lowest BCUT2D eigenvalue weighted by Crippen LogP contribution is -2.37. The fourth-order valence-corrected chi connectivity index (χ4v) is 2.44. The van der Waals surface area contributed by atoms with Gasteiger partial charge < -0.3 is 10.4 Å². The average molecular weight is 271 g/mol. The summed E-state index contributed by atoms with van der Waals surface area (Å²) >= 11 is 0. The van der Waals surface area contributed by atoms with E-state index in [0.29, 0.717) is 12.6 Å². The molecule has 0 fully saturated rings. The molecular weight excluding hydrogens is 234 g/mol. The molecule has 2 heteroatoms. The second-order valence-corrected chi connectivity index (χ2v) is 6.71. The topological polar surface area (TPSA) is 32.3 Å². The highest BCUT2D eigenvalue weighted by Gasteiger charge is 2.18. The minimum absolute atomic E-state index is 0.211. The summed E-state index contributed by atoms with van der Waals surface area (Å²) in [5.74, 6) is 0. The molecule has 0 bridgehead atoms. The van der Waals surface area contributed by atoms with E-state index in [1.165, 1.54) is 51.4 Å². The Morgan fingerprint density at radius 2 is 1.47 bits per heavy atom. The van der Waals surface area contributed by atoms with Gasteiger partial charge in [0.2, 0.25) is 0 Å². The van der Waals surface area contributed by atoms with Crippen molar-refractivity contribution in [3.63, 3.8) is 0 Å². The van der Waals surface area contributed by atoms with Crippen LogP contribution >= 0.6 is 0 Å². The Morgan fingerprint density at radius 1 is 0.947 bits per heavy atom. The van der Waals surface area contributed by atoms with Gasteiger partial charge in [-0.25, -0.2) is 0 Å². The summed E-state index contributed by atoms with van der Waals surface area (Å²) in [4.78, 5) is 0. The Kier molecular flexibility index (Phi) is 11.7. The van der Waals surface area contributed by atoms with Gasteiger partial charge in [0.1, 0.15) is 0 Å². The van der Waals surface area contributed by atoms with Crippen LogP contribution in [-0.2, 0) is 0 Å². The van der Waals surface area contributed by atoms with Crippen molar-refractivity contribution in [2.24, 2.45) is 5.41 Å². The molecule has 0 aromatic rings. The van der Waals surface area contributed by atoms with Gasteiger partial charge in [-0.15, -0.1) is 0 Å². The number of hydrogen-bond acceptors (Lipinski definition) is 2. The molecule has 0 saturated carbocycles. The molecule has 19 heavy (non-hydrogen) atoms. The van der Waals surface area contributed by atoms with E-state index in [1.807, 2.05) is 0 Å². The number of unbranched alkanes of at least 4 members (excludes halogenated alkanes) is 4. The summed E-state index contributed by atoms with van der Waals surface area (Å²) in [6.45, 7) is 10.3. The third-order valence-corrected chi connectivity index (χ3v) is 3.97. The average Bonchev–Trinajstić information content (AvgIpc) is 2.36. The van der Waals surface area contributed by atoms with Crippen molar-refractivity contribution in [1.29, 1.82) is 0 Å². The van der Waals surface area contributed by atoms with Gasteiger partial charge >= 0.3 is 0 Å². The Bertz CT molecular complexity index is 182. The Labute approximate surface area is 121 Å². The van der Waals surface area contributed by atoms with Crippen molar-refractivity contribution < 1.29 is 5.11 Å². The van der Waals surface area contributed by atoms with Crippen LogP contribution < -0.4 is 5.32 Å². The lowest BCUT2D eigenvalue weighted by molar-refractivity contribution is 0.200. The number of aliphatic hydroxyl groups is 1.